The Kier molecular flexibility index (Phi) is 4.99. The molecule has 1 rings (SSSR count). The van der Waals surface area contributed by atoms with E-state index < -0.39 is 5.97 Å². The summed E-state index contributed by atoms with van der Waals surface area (Å²) in [5.74, 6) is -0.252. The van der Waals surface area contributed by atoms with Crippen LogP contribution in [-0.2, 0) is 17.0 Å². The molecule has 1 aromatic carbocycles. The van der Waals surface area contributed by atoms with E-state index in [0.717, 1.165) is 17.5 Å². The Morgan fingerprint density at radius 3 is 2.65 bits per heavy atom. The standard InChI is InChI=1S/C13H14ClNO2/c1-3-9-5-6-10(13(16)17-4-2)12(8-15)11(9)7-14/h5-6H,3-4,7H2,1-2H3. The first-order chi connectivity index (χ1) is 8.19. The Labute approximate surface area is 106 Å². The number of hydrogen-bond acceptors (Lipinski definition) is 3. The van der Waals surface area contributed by atoms with Gasteiger partial charge in [-0.05, 0) is 30.5 Å². The lowest BCUT2D eigenvalue weighted by atomic mass is 9.96. The summed E-state index contributed by atoms with van der Waals surface area (Å²) in [7, 11) is 0. The van der Waals surface area contributed by atoms with Gasteiger partial charge in [0.15, 0.2) is 0 Å². The van der Waals surface area contributed by atoms with Crippen molar-refractivity contribution in [2.24, 2.45) is 0 Å². The Balaban J connectivity index is 3.34. The second kappa shape index (κ2) is 6.27. The van der Waals surface area contributed by atoms with Gasteiger partial charge in [0.1, 0.15) is 6.07 Å². The molecule has 17 heavy (non-hydrogen) atoms. The van der Waals surface area contributed by atoms with Crippen LogP contribution in [0.15, 0.2) is 12.1 Å². The van der Waals surface area contributed by atoms with Crippen LogP contribution in [0, 0.1) is 11.3 Å². The van der Waals surface area contributed by atoms with Crippen LogP contribution in [0.3, 0.4) is 0 Å². The van der Waals surface area contributed by atoms with Gasteiger partial charge in [-0.15, -0.1) is 11.6 Å². The molecule has 90 valence electrons. The highest BCUT2D eigenvalue weighted by Gasteiger charge is 2.17. The third-order valence-corrected chi connectivity index (χ3v) is 2.80. The maximum Gasteiger partial charge on any atom is 0.339 e. The lowest BCUT2D eigenvalue weighted by Crippen LogP contribution is -2.09. The molecule has 0 unspecified atom stereocenters. The summed E-state index contributed by atoms with van der Waals surface area (Å²) in [6.45, 7) is 4.00. The van der Waals surface area contributed by atoms with Gasteiger partial charge in [-0.1, -0.05) is 13.0 Å². The first kappa shape index (κ1) is 13.5. The molecular formula is C13H14ClNO2. The number of nitrogens with zero attached hydrogens (tertiary/aromatic N) is 1. The molecule has 3 nitrogen and oxygen atoms in total. The number of nitriles is 1. The third-order valence-electron chi connectivity index (χ3n) is 2.53. The van der Waals surface area contributed by atoms with Crippen molar-refractivity contribution in [2.45, 2.75) is 26.1 Å². The summed E-state index contributed by atoms with van der Waals surface area (Å²) in [5, 5.41) is 9.15. The molecule has 0 saturated heterocycles. The van der Waals surface area contributed by atoms with Gasteiger partial charge in [0.2, 0.25) is 0 Å². The molecule has 0 spiro atoms. The lowest BCUT2D eigenvalue weighted by Gasteiger charge is -2.11. The topological polar surface area (TPSA) is 50.1 Å². The van der Waals surface area contributed by atoms with Crippen molar-refractivity contribution in [3.05, 3.63) is 34.4 Å². The van der Waals surface area contributed by atoms with Crippen molar-refractivity contribution in [3.63, 3.8) is 0 Å². The van der Waals surface area contributed by atoms with Gasteiger partial charge in [0.25, 0.3) is 0 Å². The van der Waals surface area contributed by atoms with Crippen molar-refractivity contribution in [3.8, 4) is 6.07 Å². The number of carbonyl (C=O) groups is 1. The predicted octanol–water partition coefficient (Wildman–Crippen LogP) is 3.04. The van der Waals surface area contributed by atoms with Crippen molar-refractivity contribution >= 4 is 17.6 Å². The quantitative estimate of drug-likeness (QED) is 0.610. The normalized spacial score (nSPS) is 9.76. The number of benzene rings is 1. The Morgan fingerprint density at radius 2 is 2.18 bits per heavy atom. The van der Waals surface area contributed by atoms with Crippen LogP contribution in [-0.4, -0.2) is 12.6 Å². The van der Waals surface area contributed by atoms with Crippen LogP contribution < -0.4 is 0 Å². The molecule has 0 aromatic heterocycles. The lowest BCUT2D eigenvalue weighted by molar-refractivity contribution is 0.0526. The highest BCUT2D eigenvalue weighted by Crippen LogP contribution is 2.22. The summed E-state index contributed by atoms with van der Waals surface area (Å²) in [5.41, 5.74) is 2.34. The fraction of sp³-hybridized carbons (Fsp3) is 0.385. The van der Waals surface area contributed by atoms with E-state index in [-0.39, 0.29) is 12.5 Å². The van der Waals surface area contributed by atoms with E-state index in [4.69, 9.17) is 21.6 Å². The zero-order valence-corrected chi connectivity index (χ0v) is 10.7. The van der Waals surface area contributed by atoms with Crippen molar-refractivity contribution in [1.82, 2.24) is 0 Å². The predicted molar refractivity (Wildman–Crippen MR) is 66.0 cm³/mol. The first-order valence-electron chi connectivity index (χ1n) is 5.47. The van der Waals surface area contributed by atoms with Gasteiger partial charge >= 0.3 is 5.97 Å². The zero-order valence-electron chi connectivity index (χ0n) is 9.92. The van der Waals surface area contributed by atoms with Gasteiger partial charge in [-0.2, -0.15) is 5.26 Å². The minimum Gasteiger partial charge on any atom is -0.462 e. The molecule has 0 aliphatic heterocycles. The van der Waals surface area contributed by atoms with E-state index in [1.165, 1.54) is 0 Å². The molecule has 0 saturated carbocycles. The number of esters is 1. The summed E-state index contributed by atoms with van der Waals surface area (Å²) < 4.78 is 4.91. The van der Waals surface area contributed by atoms with Crippen molar-refractivity contribution in [1.29, 1.82) is 5.26 Å². The molecule has 0 aliphatic carbocycles. The molecule has 0 bridgehead atoms. The molecule has 0 amide bonds. The largest absolute Gasteiger partial charge is 0.462 e. The van der Waals surface area contributed by atoms with Crippen LogP contribution in [0.1, 0.15) is 40.9 Å². The van der Waals surface area contributed by atoms with Gasteiger partial charge in [0.05, 0.1) is 17.7 Å². The fourth-order valence-electron chi connectivity index (χ4n) is 1.68. The smallest absolute Gasteiger partial charge is 0.339 e. The number of ether oxygens (including phenoxy) is 1. The molecule has 0 fully saturated rings. The summed E-state index contributed by atoms with van der Waals surface area (Å²) >= 11 is 5.85. The highest BCUT2D eigenvalue weighted by atomic mass is 35.5. The minimum absolute atomic E-state index is 0.222. The fourth-order valence-corrected chi connectivity index (χ4v) is 1.99. The molecule has 1 aromatic rings. The van der Waals surface area contributed by atoms with E-state index in [1.54, 1.807) is 13.0 Å². The third kappa shape index (κ3) is 2.78. The molecule has 0 atom stereocenters. The SMILES string of the molecule is CCOC(=O)c1ccc(CC)c(CCl)c1C#N. The number of hydrogen-bond donors (Lipinski definition) is 0. The highest BCUT2D eigenvalue weighted by molar-refractivity contribution is 6.17. The second-order valence-corrected chi connectivity index (χ2v) is 3.71. The van der Waals surface area contributed by atoms with Gasteiger partial charge < -0.3 is 4.74 Å². The number of alkyl halides is 1. The van der Waals surface area contributed by atoms with Crippen LogP contribution in [0.2, 0.25) is 0 Å². The molecule has 0 aliphatic rings. The molecular weight excluding hydrogens is 238 g/mol. The molecule has 0 heterocycles. The maximum atomic E-state index is 11.7. The number of aryl methyl sites for hydroxylation is 1. The Morgan fingerprint density at radius 1 is 1.47 bits per heavy atom. The van der Waals surface area contributed by atoms with E-state index >= 15 is 0 Å². The molecule has 0 N–H and O–H groups in total. The second-order valence-electron chi connectivity index (χ2n) is 3.45. The Hall–Kier alpha value is -1.53. The van der Waals surface area contributed by atoms with Crippen LogP contribution in [0.5, 0.6) is 0 Å². The maximum absolute atomic E-state index is 11.7. The van der Waals surface area contributed by atoms with Crippen LogP contribution in [0.4, 0.5) is 0 Å². The Bertz CT molecular complexity index is 463. The van der Waals surface area contributed by atoms with E-state index in [0.29, 0.717) is 11.1 Å². The van der Waals surface area contributed by atoms with Crippen LogP contribution >= 0.6 is 11.6 Å². The monoisotopic (exact) mass is 251 g/mol. The van der Waals surface area contributed by atoms with Gasteiger partial charge in [0, 0.05) is 5.88 Å². The molecule has 4 heteroatoms. The number of halogens is 1. The molecule has 0 radical (unpaired) electrons. The van der Waals surface area contributed by atoms with Gasteiger partial charge in [-0.25, -0.2) is 4.79 Å². The summed E-state index contributed by atoms with van der Waals surface area (Å²) in [4.78, 5) is 11.7. The van der Waals surface area contributed by atoms with Crippen molar-refractivity contribution in [2.75, 3.05) is 6.61 Å². The average Bonchev–Trinajstić information content (AvgIpc) is 2.36. The summed E-state index contributed by atoms with van der Waals surface area (Å²) in [6.07, 6.45) is 0.778. The van der Waals surface area contributed by atoms with E-state index in [2.05, 4.69) is 0 Å². The number of rotatable bonds is 4. The minimum atomic E-state index is -0.474. The van der Waals surface area contributed by atoms with E-state index in [1.807, 2.05) is 19.1 Å². The van der Waals surface area contributed by atoms with Crippen LogP contribution in [0.25, 0.3) is 0 Å². The summed E-state index contributed by atoms with van der Waals surface area (Å²) in [6, 6.07) is 5.50. The van der Waals surface area contributed by atoms with Gasteiger partial charge in [-0.3, -0.25) is 0 Å². The first-order valence-corrected chi connectivity index (χ1v) is 6.00. The number of carbonyl (C=O) groups excluding carboxylic acids is 1. The average molecular weight is 252 g/mol. The zero-order chi connectivity index (χ0) is 12.8. The van der Waals surface area contributed by atoms with Crippen molar-refractivity contribution < 1.29 is 9.53 Å². The van der Waals surface area contributed by atoms with E-state index in [9.17, 15) is 4.79 Å².